The lowest BCUT2D eigenvalue weighted by molar-refractivity contribution is -0.161. The molecule has 0 aliphatic heterocycles. The van der Waals surface area contributed by atoms with E-state index >= 15 is 0 Å². The fourth-order valence-corrected chi connectivity index (χ4v) is 6.41. The number of carbonyl (C=O) groups excluding carboxylic acids is 2. The molecule has 0 aliphatic carbocycles. The van der Waals surface area contributed by atoms with E-state index in [4.69, 9.17) is 24.8 Å². The number of hydrogen-bond acceptors (Lipinski definition) is 11. The second kappa shape index (κ2) is 38.6. The normalized spacial score (nSPS) is 15.3. The Morgan fingerprint density at radius 3 is 1.76 bits per heavy atom. The highest BCUT2D eigenvalue weighted by atomic mass is 31.2. The lowest BCUT2D eigenvalue weighted by atomic mass is 10.0. The molecule has 6 N–H and O–H groups in total. The van der Waals surface area contributed by atoms with Gasteiger partial charge in [0.15, 0.2) is 6.10 Å². The smallest absolute Gasteiger partial charge is 0.472 e. The summed E-state index contributed by atoms with van der Waals surface area (Å²) in [6, 6.07) is -1.55. The summed E-state index contributed by atoms with van der Waals surface area (Å²) in [5.74, 6) is -2.58. The van der Waals surface area contributed by atoms with Crippen LogP contribution in [0.1, 0.15) is 168 Å². The van der Waals surface area contributed by atoms with Gasteiger partial charge in [0.2, 0.25) is 0 Å². The van der Waals surface area contributed by atoms with E-state index in [1.165, 1.54) is 44.9 Å². The van der Waals surface area contributed by atoms with E-state index in [0.717, 1.165) is 64.2 Å². The molecule has 0 heterocycles. The molecule has 1 unspecified atom stereocenters. The second-order valence-corrected chi connectivity index (χ2v) is 16.2. The van der Waals surface area contributed by atoms with Gasteiger partial charge in [-0.3, -0.25) is 23.4 Å². The average Bonchev–Trinajstić information content (AvgIpc) is 3.19. The monoisotopic (exact) mass is 844 g/mol. The number of ether oxygens (including phenoxy) is 2. The molecule has 0 bridgehead atoms. The van der Waals surface area contributed by atoms with Crippen LogP contribution in [0.3, 0.4) is 0 Å². The maximum Gasteiger partial charge on any atom is 0.472 e. The van der Waals surface area contributed by atoms with Crippen molar-refractivity contribution in [3.63, 3.8) is 0 Å². The Bertz CT molecular complexity index is 1210. The van der Waals surface area contributed by atoms with Gasteiger partial charge >= 0.3 is 25.7 Å². The largest absolute Gasteiger partial charge is 0.480 e. The molecule has 58 heavy (non-hydrogen) atoms. The van der Waals surface area contributed by atoms with E-state index in [1.807, 2.05) is 18.2 Å². The van der Waals surface area contributed by atoms with E-state index in [-0.39, 0.29) is 12.8 Å². The maximum atomic E-state index is 12.6. The van der Waals surface area contributed by atoms with Crippen LogP contribution in [0.15, 0.2) is 48.6 Å². The van der Waals surface area contributed by atoms with E-state index in [0.29, 0.717) is 32.1 Å². The van der Waals surface area contributed by atoms with Gasteiger partial charge in [0, 0.05) is 12.8 Å². The van der Waals surface area contributed by atoms with Gasteiger partial charge in [0.1, 0.15) is 12.6 Å². The van der Waals surface area contributed by atoms with Crippen molar-refractivity contribution in [2.45, 2.75) is 192 Å². The Morgan fingerprint density at radius 1 is 0.603 bits per heavy atom. The molecule has 0 spiro atoms. The molecule has 0 aliphatic rings. The number of carbonyl (C=O) groups is 3. The molecule has 0 aromatic carbocycles. The quantitative estimate of drug-likeness (QED) is 0.0169. The van der Waals surface area contributed by atoms with Crippen molar-refractivity contribution in [1.29, 1.82) is 0 Å². The number of aliphatic hydroxyl groups is 2. The van der Waals surface area contributed by atoms with Gasteiger partial charge in [-0.15, -0.1) is 0 Å². The minimum Gasteiger partial charge on any atom is -0.480 e. The summed E-state index contributed by atoms with van der Waals surface area (Å²) < 4.78 is 32.5. The lowest BCUT2D eigenvalue weighted by Gasteiger charge is -2.20. The van der Waals surface area contributed by atoms with E-state index in [9.17, 15) is 34.1 Å². The fraction of sp³-hybridized carbons (Fsp3) is 0.750. The number of esters is 2. The zero-order valence-corrected chi connectivity index (χ0v) is 36.5. The van der Waals surface area contributed by atoms with Crippen LogP contribution in [0, 0.1) is 0 Å². The highest BCUT2D eigenvalue weighted by Gasteiger charge is 2.28. The molecular formula is C44H78NO12P. The number of phosphoric acid groups is 1. The number of rotatable bonds is 40. The summed E-state index contributed by atoms with van der Waals surface area (Å²) in [7, 11) is -4.77. The standard InChI is InChI=1S/C44H78NO12P/c1-3-5-7-9-11-12-13-14-15-16-17-18-19-20-21-25-30-34-43(49)57-38(36-55-58(52,53)56-37-39(45)44(50)51)35-54-42(48)33-29-26-22-24-28-32-41(47)40(46)31-27-23-10-8-6-4-2/h14-15,17-18,20-21,23,27,38-41,46-47H,3-13,16,19,22,24-26,28-37,45H2,1-2H3,(H,50,51)(H,52,53)/b15-14-,18-17-,21-20-,27-23-/t38-,39+,40-,41-/m1/s1. The molecule has 0 rings (SSSR count). The first-order valence-corrected chi connectivity index (χ1v) is 23.3. The van der Waals surface area contributed by atoms with Gasteiger partial charge in [-0.2, -0.15) is 0 Å². The SMILES string of the molecule is CCCCC/C=C\C[C@@H](O)[C@H](O)CCCCCCCC(=O)OC[C@H](COP(=O)(O)OC[C@H](N)C(=O)O)OC(=O)CCC/C=C\C/C=C\C/C=C\CCCCCCCC. The van der Waals surface area contributed by atoms with Gasteiger partial charge in [-0.1, -0.05) is 133 Å². The number of aliphatic carboxylic acids is 1. The highest BCUT2D eigenvalue weighted by molar-refractivity contribution is 7.47. The zero-order valence-electron chi connectivity index (χ0n) is 35.6. The third kappa shape index (κ3) is 36.4. The third-order valence-electron chi connectivity index (χ3n) is 9.25. The topological polar surface area (TPSA) is 212 Å². The van der Waals surface area contributed by atoms with Crippen LogP contribution < -0.4 is 5.73 Å². The summed E-state index contributed by atoms with van der Waals surface area (Å²) >= 11 is 0. The Morgan fingerprint density at radius 2 is 1.10 bits per heavy atom. The van der Waals surface area contributed by atoms with Crippen LogP contribution >= 0.6 is 7.82 Å². The first-order valence-electron chi connectivity index (χ1n) is 21.8. The molecule has 13 nitrogen and oxygen atoms in total. The van der Waals surface area contributed by atoms with Crippen molar-refractivity contribution in [2.75, 3.05) is 19.8 Å². The molecular weight excluding hydrogens is 765 g/mol. The zero-order chi connectivity index (χ0) is 43.1. The first kappa shape index (κ1) is 55.4. The predicted molar refractivity (Wildman–Crippen MR) is 229 cm³/mol. The predicted octanol–water partition coefficient (Wildman–Crippen LogP) is 9.34. The van der Waals surface area contributed by atoms with Gasteiger partial charge in [-0.25, -0.2) is 4.57 Å². The highest BCUT2D eigenvalue weighted by Crippen LogP contribution is 2.43. The number of phosphoric ester groups is 1. The number of carboxylic acid groups (broad SMARTS) is 1. The minimum absolute atomic E-state index is 0.0565. The van der Waals surface area contributed by atoms with Crippen LogP contribution in [0.25, 0.3) is 0 Å². The summed E-state index contributed by atoms with van der Waals surface area (Å²) in [4.78, 5) is 45.9. The van der Waals surface area contributed by atoms with Crippen molar-refractivity contribution in [3.8, 4) is 0 Å². The molecule has 5 atom stereocenters. The number of aliphatic hydroxyl groups excluding tert-OH is 2. The second-order valence-electron chi connectivity index (χ2n) is 14.8. The van der Waals surface area contributed by atoms with E-state index < -0.39 is 69.9 Å². The summed E-state index contributed by atoms with van der Waals surface area (Å²) in [5.41, 5.74) is 5.32. The van der Waals surface area contributed by atoms with Crippen LogP contribution in [-0.4, -0.2) is 82.3 Å². The van der Waals surface area contributed by atoms with Crippen LogP contribution in [0.2, 0.25) is 0 Å². The molecule has 0 saturated carbocycles. The Labute approximate surface area is 349 Å². The van der Waals surface area contributed by atoms with Crippen LogP contribution in [0.4, 0.5) is 0 Å². The lowest BCUT2D eigenvalue weighted by Crippen LogP contribution is -2.34. The molecule has 336 valence electrons. The fourth-order valence-electron chi connectivity index (χ4n) is 5.63. The van der Waals surface area contributed by atoms with Crippen LogP contribution in [-0.2, 0) is 37.5 Å². The number of allylic oxidation sites excluding steroid dienone is 7. The van der Waals surface area contributed by atoms with Crippen molar-refractivity contribution in [1.82, 2.24) is 0 Å². The number of hydrogen-bond donors (Lipinski definition) is 5. The summed E-state index contributed by atoms with van der Waals surface area (Å²) in [5, 5.41) is 29.3. The van der Waals surface area contributed by atoms with Gasteiger partial charge in [0.05, 0.1) is 25.4 Å². The first-order chi connectivity index (χ1) is 27.9. The Hall–Kier alpha value is -2.64. The number of nitrogens with two attached hydrogens (primary N) is 1. The molecule has 0 saturated heterocycles. The third-order valence-corrected chi connectivity index (χ3v) is 10.2. The van der Waals surface area contributed by atoms with Crippen molar-refractivity contribution in [2.24, 2.45) is 5.73 Å². The summed E-state index contributed by atoms with van der Waals surface area (Å²) in [6.07, 6.45) is 34.9. The number of carboxylic acids is 1. The molecule has 0 aromatic rings. The van der Waals surface area contributed by atoms with Crippen LogP contribution in [0.5, 0.6) is 0 Å². The molecule has 0 radical (unpaired) electrons. The van der Waals surface area contributed by atoms with E-state index in [2.05, 4.69) is 48.8 Å². The molecule has 14 heteroatoms. The van der Waals surface area contributed by atoms with Gasteiger partial charge in [0.25, 0.3) is 0 Å². The molecule has 0 fully saturated rings. The summed E-state index contributed by atoms with van der Waals surface area (Å²) in [6.45, 7) is 2.52. The Balaban J connectivity index is 4.57. The van der Waals surface area contributed by atoms with Crippen molar-refractivity contribution >= 4 is 25.7 Å². The molecule has 0 amide bonds. The van der Waals surface area contributed by atoms with Crippen molar-refractivity contribution in [3.05, 3.63) is 48.6 Å². The van der Waals surface area contributed by atoms with Gasteiger partial charge in [-0.05, 0) is 70.6 Å². The molecule has 0 aromatic heterocycles. The van der Waals surface area contributed by atoms with Gasteiger partial charge < -0.3 is 35.4 Å². The Kier molecular flexibility index (Phi) is 36.8. The maximum absolute atomic E-state index is 12.6. The minimum atomic E-state index is -4.77. The van der Waals surface area contributed by atoms with E-state index in [1.54, 1.807) is 0 Å². The average molecular weight is 844 g/mol. The van der Waals surface area contributed by atoms with Crippen molar-refractivity contribution < 1.29 is 57.7 Å². The number of unbranched alkanes of at least 4 members (excludes halogenated alkanes) is 14.